The summed E-state index contributed by atoms with van der Waals surface area (Å²) in [5.41, 5.74) is -1.41. The smallest absolute Gasteiger partial charge is 0.408 e. The maximum absolute atomic E-state index is 13.4. The number of aromatic nitrogens is 3. The molecule has 256 valence electrons. The molecule has 0 fully saturated rings. The number of nitrogens with one attached hydrogen (secondary N) is 2. The average molecular weight is 692 g/mol. The number of rotatable bonds is 12. The number of amides is 1. The van der Waals surface area contributed by atoms with Crippen molar-refractivity contribution in [3.63, 3.8) is 0 Å². The molecular formula is C32H42ClN5O8S. The zero-order valence-corrected chi connectivity index (χ0v) is 29.4. The van der Waals surface area contributed by atoms with Crippen molar-refractivity contribution in [1.29, 1.82) is 0 Å². The lowest BCUT2D eigenvalue weighted by Gasteiger charge is -2.24. The fourth-order valence-electron chi connectivity index (χ4n) is 4.10. The lowest BCUT2D eigenvalue weighted by molar-refractivity contribution is -0.169. The number of hydrogen-bond donors (Lipinski definition) is 2. The van der Waals surface area contributed by atoms with Gasteiger partial charge in [-0.15, -0.1) is 11.3 Å². The first-order chi connectivity index (χ1) is 21.9. The van der Waals surface area contributed by atoms with Crippen molar-refractivity contribution in [1.82, 2.24) is 19.7 Å². The molecule has 0 saturated carbocycles. The topological polar surface area (TPSA) is 160 Å². The van der Waals surface area contributed by atoms with E-state index in [9.17, 15) is 24.0 Å². The van der Waals surface area contributed by atoms with E-state index >= 15 is 0 Å². The Bertz CT molecular complexity index is 1650. The van der Waals surface area contributed by atoms with E-state index in [0.717, 1.165) is 4.88 Å². The molecule has 0 aliphatic heterocycles. The van der Waals surface area contributed by atoms with E-state index in [2.05, 4.69) is 15.7 Å². The van der Waals surface area contributed by atoms with Crippen LogP contribution in [0, 0.1) is 11.3 Å². The Hall–Kier alpha value is -4.17. The van der Waals surface area contributed by atoms with Crippen molar-refractivity contribution in [2.75, 3.05) is 12.1 Å². The van der Waals surface area contributed by atoms with E-state index in [1.165, 1.54) is 26.8 Å². The molecular weight excluding hydrogens is 650 g/mol. The third-order valence-electron chi connectivity index (χ3n) is 6.48. The normalized spacial score (nSPS) is 12.4. The highest BCUT2D eigenvalue weighted by Crippen LogP contribution is 2.26. The van der Waals surface area contributed by atoms with Crippen molar-refractivity contribution in [3.05, 3.63) is 56.1 Å². The van der Waals surface area contributed by atoms with Gasteiger partial charge >= 0.3 is 18.0 Å². The van der Waals surface area contributed by atoms with E-state index < -0.39 is 47.4 Å². The standard InChI is InChI=1S/C32H42ClN5O8S/c1-19(2)26(35-30(43)46-32(6,7)8)28(41)45-18-44-25(39)13-15-37-14-9-10-21(27(37)40)22-16-24(34-17-20-11-12-23(33)47-20)38(36-22)29(42)31(3,4)5/h9-12,14,16,19,26,34H,13,15,17-18H2,1-8H3,(H,35,43)/t26-/m0/s1. The summed E-state index contributed by atoms with van der Waals surface area (Å²) in [6.07, 6.45) is 0.547. The van der Waals surface area contributed by atoms with Gasteiger partial charge in [0.2, 0.25) is 6.79 Å². The molecule has 0 spiro atoms. The van der Waals surface area contributed by atoms with Crippen molar-refractivity contribution in [2.45, 2.75) is 86.5 Å². The monoisotopic (exact) mass is 691 g/mol. The molecule has 0 saturated heterocycles. The van der Waals surface area contributed by atoms with E-state index in [1.807, 2.05) is 6.07 Å². The summed E-state index contributed by atoms with van der Waals surface area (Å²) in [6, 6.07) is 7.50. The molecule has 1 atom stereocenters. The van der Waals surface area contributed by atoms with E-state index in [-0.39, 0.29) is 36.0 Å². The second-order valence-corrected chi connectivity index (χ2v) is 14.9. The van der Waals surface area contributed by atoms with Gasteiger partial charge < -0.3 is 29.4 Å². The number of esters is 2. The van der Waals surface area contributed by atoms with Crippen LogP contribution < -0.4 is 16.2 Å². The predicted molar refractivity (Wildman–Crippen MR) is 178 cm³/mol. The van der Waals surface area contributed by atoms with Crippen LogP contribution in [0.4, 0.5) is 10.6 Å². The molecule has 0 aliphatic rings. The van der Waals surface area contributed by atoms with Gasteiger partial charge in [0.15, 0.2) is 0 Å². The quantitative estimate of drug-likeness (QED) is 0.178. The Balaban J connectivity index is 1.65. The van der Waals surface area contributed by atoms with Crippen LogP contribution >= 0.6 is 22.9 Å². The minimum atomic E-state index is -1.02. The third-order valence-corrected chi connectivity index (χ3v) is 7.71. The lowest BCUT2D eigenvalue weighted by Crippen LogP contribution is -2.47. The summed E-state index contributed by atoms with van der Waals surface area (Å²) in [5.74, 6) is -1.68. The van der Waals surface area contributed by atoms with Crippen molar-refractivity contribution < 1.29 is 33.4 Å². The number of halogens is 1. The number of alkyl carbamates (subject to hydrolysis) is 1. The largest absolute Gasteiger partial charge is 0.444 e. The van der Waals surface area contributed by atoms with Gasteiger partial charge in [-0.1, -0.05) is 46.2 Å². The molecule has 0 unspecified atom stereocenters. The first-order valence-corrected chi connectivity index (χ1v) is 16.2. The summed E-state index contributed by atoms with van der Waals surface area (Å²) in [4.78, 5) is 64.6. The van der Waals surface area contributed by atoms with Crippen LogP contribution in [0.3, 0.4) is 0 Å². The molecule has 2 N–H and O–H groups in total. The number of anilines is 1. The molecule has 3 rings (SSSR count). The van der Waals surface area contributed by atoms with Gasteiger partial charge in [-0.3, -0.25) is 14.4 Å². The summed E-state index contributed by atoms with van der Waals surface area (Å²) < 4.78 is 18.5. The van der Waals surface area contributed by atoms with Crippen molar-refractivity contribution in [3.8, 4) is 11.3 Å². The zero-order valence-electron chi connectivity index (χ0n) is 27.8. The van der Waals surface area contributed by atoms with Crippen molar-refractivity contribution in [2.24, 2.45) is 11.3 Å². The van der Waals surface area contributed by atoms with Gasteiger partial charge in [0.05, 0.1) is 22.9 Å². The highest BCUT2D eigenvalue weighted by atomic mass is 35.5. The van der Waals surface area contributed by atoms with Gasteiger partial charge in [0.1, 0.15) is 23.2 Å². The van der Waals surface area contributed by atoms with Crippen LogP contribution in [-0.2, 0) is 36.9 Å². The fraction of sp³-hybridized carbons (Fsp3) is 0.500. The summed E-state index contributed by atoms with van der Waals surface area (Å²) in [6.45, 7) is 13.6. The molecule has 1 amide bonds. The van der Waals surface area contributed by atoms with E-state index in [0.29, 0.717) is 16.7 Å². The molecule has 47 heavy (non-hydrogen) atoms. The number of carbonyl (C=O) groups excluding carboxylic acids is 4. The fourth-order valence-corrected chi connectivity index (χ4v) is 5.13. The zero-order chi connectivity index (χ0) is 35.1. The molecule has 3 aromatic rings. The number of thiophene rings is 1. The van der Waals surface area contributed by atoms with Gasteiger partial charge in [0, 0.05) is 29.1 Å². The molecule has 0 aromatic carbocycles. The molecule has 13 nitrogen and oxygen atoms in total. The number of carbonyl (C=O) groups is 4. The molecule has 0 radical (unpaired) electrons. The molecule has 15 heteroatoms. The molecule has 0 bridgehead atoms. The van der Waals surface area contributed by atoms with Crippen LogP contribution in [0.25, 0.3) is 11.3 Å². The number of aryl methyl sites for hydroxylation is 1. The Kier molecular flexibility index (Phi) is 12.4. The minimum absolute atomic E-state index is 0.0276. The summed E-state index contributed by atoms with van der Waals surface area (Å²) >= 11 is 7.46. The Morgan fingerprint density at radius 1 is 1.04 bits per heavy atom. The first-order valence-electron chi connectivity index (χ1n) is 15.0. The van der Waals surface area contributed by atoms with Crippen LogP contribution in [-0.4, -0.2) is 56.7 Å². The van der Waals surface area contributed by atoms with Gasteiger partial charge in [-0.25, -0.2) is 9.59 Å². The second-order valence-electron chi connectivity index (χ2n) is 13.1. The summed E-state index contributed by atoms with van der Waals surface area (Å²) in [7, 11) is 0. The average Bonchev–Trinajstić information content (AvgIpc) is 3.57. The Morgan fingerprint density at radius 3 is 2.34 bits per heavy atom. The van der Waals surface area contributed by atoms with E-state index in [4.69, 9.17) is 25.8 Å². The number of hydrogen-bond acceptors (Lipinski definition) is 11. The number of ether oxygens (including phenoxy) is 3. The number of nitrogens with zero attached hydrogens (tertiary/aromatic N) is 3. The van der Waals surface area contributed by atoms with Crippen molar-refractivity contribution >= 4 is 52.7 Å². The second kappa shape index (κ2) is 15.6. The van der Waals surface area contributed by atoms with E-state index in [1.54, 1.807) is 79.7 Å². The highest BCUT2D eigenvalue weighted by Gasteiger charge is 2.29. The van der Waals surface area contributed by atoms with Crippen LogP contribution in [0.2, 0.25) is 4.34 Å². The maximum atomic E-state index is 13.4. The third kappa shape index (κ3) is 11.0. The molecule has 3 aromatic heterocycles. The highest BCUT2D eigenvalue weighted by molar-refractivity contribution is 7.16. The Morgan fingerprint density at radius 2 is 1.74 bits per heavy atom. The molecule has 0 aliphatic carbocycles. The van der Waals surface area contributed by atoms with Gasteiger partial charge in [-0.05, 0) is 51.0 Å². The summed E-state index contributed by atoms with van der Waals surface area (Å²) in [5, 5.41) is 10.2. The minimum Gasteiger partial charge on any atom is -0.444 e. The number of pyridine rings is 1. The van der Waals surface area contributed by atoms with Gasteiger partial charge in [0.25, 0.3) is 11.5 Å². The predicted octanol–water partition coefficient (Wildman–Crippen LogP) is 5.71. The molecule has 3 heterocycles. The van der Waals surface area contributed by atoms with Gasteiger partial charge in [-0.2, -0.15) is 9.78 Å². The Labute approximate surface area is 282 Å². The SMILES string of the molecule is CC(C)[C@H](NC(=O)OC(C)(C)C)C(=O)OCOC(=O)CCn1cccc(-c2cc(NCc3ccc(Cl)s3)n(C(=O)C(C)(C)C)n2)c1=O. The van der Waals surface area contributed by atoms with Crippen LogP contribution in [0.5, 0.6) is 0 Å². The maximum Gasteiger partial charge on any atom is 0.408 e. The lowest BCUT2D eigenvalue weighted by atomic mass is 9.96. The first kappa shape index (κ1) is 37.3. The van der Waals surface area contributed by atoms with Crippen LogP contribution in [0.15, 0.2) is 41.3 Å². The van der Waals surface area contributed by atoms with Crippen LogP contribution in [0.1, 0.15) is 71.5 Å².